The number of hydrogen-bond acceptors (Lipinski definition) is 2. The van der Waals surface area contributed by atoms with Gasteiger partial charge in [-0.05, 0) is 0 Å². The Bertz CT molecular complexity index is 51.7. The fourth-order valence-electron chi connectivity index (χ4n) is 0.0833. The van der Waals surface area contributed by atoms with Crippen LogP contribution in [-0.4, -0.2) is 14.2 Å². The van der Waals surface area contributed by atoms with Gasteiger partial charge in [0.25, 0.3) is 0 Å². The van der Waals surface area contributed by atoms with Crippen molar-refractivity contribution in [2.45, 2.75) is 0 Å². The summed E-state index contributed by atoms with van der Waals surface area (Å²) in [6.45, 7) is 0. The van der Waals surface area contributed by atoms with E-state index < -0.39 is 16.4 Å². The van der Waals surface area contributed by atoms with Gasteiger partial charge < -0.3 is 0 Å². The van der Waals surface area contributed by atoms with Gasteiger partial charge in [-0.2, -0.15) is 0 Å². The van der Waals surface area contributed by atoms with Crippen molar-refractivity contribution in [3.05, 3.63) is 0 Å². The van der Waals surface area contributed by atoms with Gasteiger partial charge in [-0.1, -0.05) is 0 Å². The van der Waals surface area contributed by atoms with E-state index in [1.165, 1.54) is 0 Å². The molecule has 0 aromatic rings. The van der Waals surface area contributed by atoms with Gasteiger partial charge in [-0.25, -0.2) is 0 Å². The van der Waals surface area contributed by atoms with Gasteiger partial charge in [0.15, 0.2) is 0 Å². The molecular formula is C2H6Br2O2Zr. The van der Waals surface area contributed by atoms with E-state index in [9.17, 15) is 0 Å². The molecule has 0 rings (SSSR count). The monoisotopic (exact) mass is 310 g/mol. The van der Waals surface area contributed by atoms with E-state index in [1.54, 1.807) is 14.2 Å². The molecule has 0 aromatic carbocycles. The molecule has 44 valence electrons. The molecule has 0 spiro atoms. The second-order valence-electron chi connectivity index (χ2n) is 0.872. The molecule has 0 fully saturated rings. The third-order valence-electron chi connectivity index (χ3n) is 0.475. The van der Waals surface area contributed by atoms with Crippen molar-refractivity contribution in [1.82, 2.24) is 0 Å². The number of rotatable bonds is 2. The molecule has 0 radical (unpaired) electrons. The second kappa shape index (κ2) is 3.73. The maximum absolute atomic E-state index is 4.91. The molecule has 0 atom stereocenters. The molecule has 7 heavy (non-hydrogen) atoms. The van der Waals surface area contributed by atoms with Crippen LogP contribution >= 0.6 is 24.4 Å². The molecule has 2 nitrogen and oxygen atoms in total. The molecule has 0 saturated carbocycles. The van der Waals surface area contributed by atoms with E-state index in [-0.39, 0.29) is 0 Å². The molecule has 0 N–H and O–H groups in total. The average molecular weight is 313 g/mol. The fourth-order valence-corrected chi connectivity index (χ4v) is 0.493. The van der Waals surface area contributed by atoms with Gasteiger partial charge in [0.05, 0.1) is 0 Å². The average Bonchev–Trinajstić information content (AvgIpc) is 1.68. The summed E-state index contributed by atoms with van der Waals surface area (Å²) in [5.41, 5.74) is 0. The molecule has 0 heterocycles. The Morgan fingerprint density at radius 2 is 1.43 bits per heavy atom. The maximum atomic E-state index is 4.91. The third-order valence-corrected chi connectivity index (χ3v) is 10.5. The van der Waals surface area contributed by atoms with E-state index in [4.69, 9.17) is 5.63 Å². The van der Waals surface area contributed by atoms with E-state index in [0.717, 1.165) is 0 Å². The molecule has 0 unspecified atom stereocenters. The summed E-state index contributed by atoms with van der Waals surface area (Å²) in [5.74, 6) is 0. The predicted molar refractivity (Wildman–Crippen MR) is 31.9 cm³/mol. The van der Waals surface area contributed by atoms with Crippen LogP contribution in [0.15, 0.2) is 0 Å². The van der Waals surface area contributed by atoms with Crippen molar-refractivity contribution in [3.8, 4) is 0 Å². The van der Waals surface area contributed by atoms with Crippen LogP contribution in [0.25, 0.3) is 0 Å². The van der Waals surface area contributed by atoms with E-state index in [0.29, 0.717) is 0 Å². The summed E-state index contributed by atoms with van der Waals surface area (Å²) in [5, 5.41) is 0. The van der Waals surface area contributed by atoms with Crippen molar-refractivity contribution in [2.75, 3.05) is 14.2 Å². The fraction of sp³-hybridized carbons (Fsp3) is 1.00. The van der Waals surface area contributed by atoms with Gasteiger partial charge in [0.1, 0.15) is 0 Å². The second-order valence-corrected chi connectivity index (χ2v) is 23.8. The van der Waals surface area contributed by atoms with Crippen molar-refractivity contribution in [1.29, 1.82) is 0 Å². The van der Waals surface area contributed by atoms with Crippen LogP contribution in [0.3, 0.4) is 0 Å². The summed E-state index contributed by atoms with van der Waals surface area (Å²) in [7, 11) is 3.23. The third kappa shape index (κ3) is 4.28. The zero-order valence-corrected chi connectivity index (χ0v) is 9.70. The quantitative estimate of drug-likeness (QED) is 0.775. The van der Waals surface area contributed by atoms with Gasteiger partial charge in [-0.15, -0.1) is 0 Å². The normalized spacial score (nSPS) is 12.0. The molecule has 0 bridgehead atoms. The van der Waals surface area contributed by atoms with Crippen LogP contribution in [0.5, 0.6) is 0 Å². The van der Waals surface area contributed by atoms with Gasteiger partial charge >= 0.3 is 60.7 Å². The van der Waals surface area contributed by atoms with Crippen LogP contribution in [-0.2, 0) is 22.1 Å². The molecular weight excluding hydrogens is 307 g/mol. The van der Waals surface area contributed by atoms with E-state index in [2.05, 4.69) is 24.4 Å². The first kappa shape index (κ1) is 8.76. The van der Waals surface area contributed by atoms with Crippen LogP contribution in [0.2, 0.25) is 0 Å². The van der Waals surface area contributed by atoms with Crippen molar-refractivity contribution in [2.24, 2.45) is 0 Å². The Kier molecular flexibility index (Phi) is 4.66. The zero-order valence-electron chi connectivity index (χ0n) is 4.07. The zero-order chi connectivity index (χ0) is 5.91. The molecule has 0 aliphatic carbocycles. The minimum atomic E-state index is -2.66. The van der Waals surface area contributed by atoms with Crippen LogP contribution in [0, 0.1) is 0 Å². The van der Waals surface area contributed by atoms with Crippen LogP contribution in [0.4, 0.5) is 0 Å². The van der Waals surface area contributed by atoms with Gasteiger partial charge in [0, 0.05) is 0 Å². The molecule has 0 aromatic heterocycles. The number of halogens is 2. The summed E-state index contributed by atoms with van der Waals surface area (Å²) in [6.07, 6.45) is 0. The molecule has 5 heteroatoms. The van der Waals surface area contributed by atoms with Gasteiger partial charge in [-0.3, -0.25) is 0 Å². The first-order valence-corrected chi connectivity index (χ1v) is 14.9. The van der Waals surface area contributed by atoms with Crippen molar-refractivity contribution < 1.29 is 22.1 Å². The van der Waals surface area contributed by atoms with E-state index >= 15 is 0 Å². The molecule has 0 amide bonds. The van der Waals surface area contributed by atoms with Gasteiger partial charge in [0.2, 0.25) is 0 Å². The van der Waals surface area contributed by atoms with Crippen LogP contribution in [0.1, 0.15) is 0 Å². The van der Waals surface area contributed by atoms with Crippen LogP contribution < -0.4 is 0 Å². The standard InChI is InChI=1S/2CH3O.2BrH.Zr/c2*1-2;;;/h2*1H3;2*1H;/q2*-1;;;+4/p-2. The molecule has 0 aliphatic heterocycles. The Balaban J connectivity index is 3.36. The summed E-state index contributed by atoms with van der Waals surface area (Å²) in [4.78, 5) is 0. The Morgan fingerprint density at radius 1 is 1.14 bits per heavy atom. The summed E-state index contributed by atoms with van der Waals surface area (Å²) in [6, 6.07) is 0. The predicted octanol–water partition coefficient (Wildman–Crippen LogP) is 1.88. The van der Waals surface area contributed by atoms with Crippen molar-refractivity contribution in [3.63, 3.8) is 0 Å². The van der Waals surface area contributed by atoms with Crippen molar-refractivity contribution >= 4 is 24.4 Å². The summed E-state index contributed by atoms with van der Waals surface area (Å²) >= 11 is 3.87. The Morgan fingerprint density at radius 3 is 1.43 bits per heavy atom. The number of hydrogen-bond donors (Lipinski definition) is 0. The topological polar surface area (TPSA) is 18.5 Å². The Labute approximate surface area is 60.1 Å². The van der Waals surface area contributed by atoms with E-state index in [1.807, 2.05) is 0 Å². The first-order valence-electron chi connectivity index (χ1n) is 1.60. The molecule has 0 aliphatic rings. The molecule has 0 saturated heterocycles. The SMILES string of the molecule is C[O][Zr]([Br])([Br])[O]C. The first-order chi connectivity index (χ1) is 3.12. The summed E-state index contributed by atoms with van der Waals surface area (Å²) < 4.78 is 9.82. The minimum absolute atomic E-state index is 1.61. The Hall–Kier alpha value is 1.76.